The number of carbonyl (C=O) groups is 1. The van der Waals surface area contributed by atoms with Crippen LogP contribution in [0, 0.1) is 5.92 Å². The zero-order chi connectivity index (χ0) is 13.0. The maximum atomic E-state index is 11.8. The second kappa shape index (κ2) is 6.16. The van der Waals surface area contributed by atoms with Gasteiger partial charge < -0.3 is 10.4 Å². The van der Waals surface area contributed by atoms with E-state index in [1.165, 1.54) is 0 Å². The first-order chi connectivity index (χ1) is 8.65. The van der Waals surface area contributed by atoms with E-state index >= 15 is 0 Å². The smallest absolute Gasteiger partial charge is 0.269 e. The summed E-state index contributed by atoms with van der Waals surface area (Å²) >= 11 is 5.73. The van der Waals surface area contributed by atoms with Crippen LogP contribution in [0.5, 0.6) is 0 Å². The average Bonchev–Trinajstić information content (AvgIpc) is 2.36. The van der Waals surface area contributed by atoms with Gasteiger partial charge in [0.1, 0.15) is 10.8 Å². The van der Waals surface area contributed by atoms with Crippen LogP contribution in [-0.2, 0) is 0 Å². The van der Waals surface area contributed by atoms with Crippen molar-refractivity contribution in [2.45, 2.75) is 31.8 Å². The molecular weight excluding hydrogens is 252 g/mol. The molecule has 2 N–H and O–H groups in total. The highest BCUT2D eigenvalue weighted by molar-refractivity contribution is 6.29. The molecule has 0 spiro atoms. The molecule has 2 rings (SSSR count). The minimum atomic E-state index is -0.218. The zero-order valence-corrected chi connectivity index (χ0v) is 10.9. The van der Waals surface area contributed by atoms with E-state index in [-0.39, 0.29) is 12.0 Å². The summed E-state index contributed by atoms with van der Waals surface area (Å²) in [5, 5.41) is 12.7. The van der Waals surface area contributed by atoms with Crippen molar-refractivity contribution in [3.8, 4) is 0 Å². The van der Waals surface area contributed by atoms with Crippen molar-refractivity contribution in [2.24, 2.45) is 5.92 Å². The minimum Gasteiger partial charge on any atom is -0.393 e. The Morgan fingerprint density at radius 3 is 3.06 bits per heavy atom. The number of nitrogens with zero attached hydrogens (tertiary/aromatic N) is 1. The summed E-state index contributed by atoms with van der Waals surface area (Å²) in [7, 11) is 0. The van der Waals surface area contributed by atoms with Gasteiger partial charge >= 0.3 is 0 Å². The molecule has 5 heteroatoms. The Morgan fingerprint density at radius 2 is 2.33 bits per heavy atom. The normalized spacial score (nSPS) is 23.7. The summed E-state index contributed by atoms with van der Waals surface area (Å²) in [5.74, 6) is 0.148. The number of halogens is 1. The van der Waals surface area contributed by atoms with Crippen molar-refractivity contribution in [1.82, 2.24) is 10.3 Å². The van der Waals surface area contributed by atoms with Crippen molar-refractivity contribution in [3.05, 3.63) is 29.0 Å². The lowest BCUT2D eigenvalue weighted by Gasteiger charge is -2.25. The van der Waals surface area contributed by atoms with Crippen molar-refractivity contribution in [1.29, 1.82) is 0 Å². The van der Waals surface area contributed by atoms with Gasteiger partial charge in [-0.25, -0.2) is 4.98 Å². The van der Waals surface area contributed by atoms with Gasteiger partial charge in [-0.2, -0.15) is 0 Å². The lowest BCUT2D eigenvalue weighted by molar-refractivity contribution is 0.0870. The van der Waals surface area contributed by atoms with Gasteiger partial charge in [0.25, 0.3) is 5.91 Å². The molecule has 2 unspecified atom stereocenters. The second-order valence-corrected chi connectivity index (χ2v) is 5.13. The standard InChI is InChI=1S/C13H17ClN2O2/c14-12-6-2-5-11(16-12)13(18)15-8-9-3-1-4-10(17)7-9/h2,5-6,9-10,17H,1,3-4,7-8H2,(H,15,18). The molecule has 18 heavy (non-hydrogen) atoms. The van der Waals surface area contributed by atoms with Crippen LogP contribution in [0.3, 0.4) is 0 Å². The van der Waals surface area contributed by atoms with Crippen LogP contribution < -0.4 is 5.32 Å². The van der Waals surface area contributed by atoms with Crippen LogP contribution in [0.25, 0.3) is 0 Å². The van der Waals surface area contributed by atoms with E-state index in [9.17, 15) is 9.90 Å². The number of pyridine rings is 1. The first kappa shape index (κ1) is 13.3. The summed E-state index contributed by atoms with van der Waals surface area (Å²) in [5.41, 5.74) is 0.332. The SMILES string of the molecule is O=C(NCC1CCCC(O)C1)c1cccc(Cl)n1. The van der Waals surface area contributed by atoms with Crippen LogP contribution in [-0.4, -0.2) is 28.6 Å². The van der Waals surface area contributed by atoms with Crippen molar-refractivity contribution in [2.75, 3.05) is 6.54 Å². The van der Waals surface area contributed by atoms with Crippen molar-refractivity contribution < 1.29 is 9.90 Å². The number of hydrogen-bond donors (Lipinski definition) is 2. The summed E-state index contributed by atoms with van der Waals surface area (Å²) in [6.45, 7) is 0.587. The Morgan fingerprint density at radius 1 is 1.50 bits per heavy atom. The topological polar surface area (TPSA) is 62.2 Å². The van der Waals surface area contributed by atoms with E-state index in [1.54, 1.807) is 18.2 Å². The van der Waals surface area contributed by atoms with E-state index < -0.39 is 0 Å². The van der Waals surface area contributed by atoms with Gasteiger partial charge in [0.2, 0.25) is 0 Å². The van der Waals surface area contributed by atoms with Gasteiger partial charge in [-0.1, -0.05) is 24.1 Å². The van der Waals surface area contributed by atoms with Gasteiger partial charge in [-0.15, -0.1) is 0 Å². The summed E-state index contributed by atoms with van der Waals surface area (Å²) in [6, 6.07) is 4.97. The molecule has 1 aromatic rings. The monoisotopic (exact) mass is 268 g/mol. The molecule has 0 aromatic carbocycles. The fourth-order valence-corrected chi connectivity index (χ4v) is 2.47. The number of aliphatic hydroxyl groups is 1. The number of rotatable bonds is 3. The highest BCUT2D eigenvalue weighted by Crippen LogP contribution is 2.23. The van der Waals surface area contributed by atoms with Crippen molar-refractivity contribution >= 4 is 17.5 Å². The molecule has 0 saturated heterocycles. The Balaban J connectivity index is 1.84. The van der Waals surface area contributed by atoms with Gasteiger partial charge in [0.15, 0.2) is 0 Å². The number of carbonyl (C=O) groups excluding carboxylic acids is 1. The molecule has 1 saturated carbocycles. The van der Waals surface area contributed by atoms with Crippen LogP contribution in [0.1, 0.15) is 36.2 Å². The molecule has 0 radical (unpaired) electrons. The van der Waals surface area contributed by atoms with E-state index in [2.05, 4.69) is 10.3 Å². The number of aliphatic hydroxyl groups excluding tert-OH is 1. The van der Waals surface area contributed by atoms with Gasteiger partial charge in [0.05, 0.1) is 6.10 Å². The average molecular weight is 269 g/mol. The minimum absolute atomic E-state index is 0.211. The second-order valence-electron chi connectivity index (χ2n) is 4.74. The molecule has 1 amide bonds. The summed E-state index contributed by atoms with van der Waals surface area (Å²) in [6.07, 6.45) is 3.51. The van der Waals surface area contributed by atoms with Crippen LogP contribution in [0.4, 0.5) is 0 Å². The van der Waals surface area contributed by atoms with Crippen LogP contribution in [0.15, 0.2) is 18.2 Å². The van der Waals surface area contributed by atoms with E-state index in [1.807, 2.05) is 0 Å². The lowest BCUT2D eigenvalue weighted by atomic mass is 9.87. The van der Waals surface area contributed by atoms with Gasteiger partial charge in [0, 0.05) is 6.54 Å². The van der Waals surface area contributed by atoms with Crippen molar-refractivity contribution in [3.63, 3.8) is 0 Å². The maximum absolute atomic E-state index is 11.8. The molecule has 4 nitrogen and oxygen atoms in total. The molecule has 0 aliphatic heterocycles. The third-order valence-electron chi connectivity index (χ3n) is 3.25. The third-order valence-corrected chi connectivity index (χ3v) is 3.46. The third kappa shape index (κ3) is 3.68. The quantitative estimate of drug-likeness (QED) is 0.825. The largest absolute Gasteiger partial charge is 0.393 e. The zero-order valence-electron chi connectivity index (χ0n) is 10.1. The first-order valence-electron chi connectivity index (χ1n) is 6.24. The van der Waals surface area contributed by atoms with Crippen LogP contribution >= 0.6 is 11.6 Å². The predicted molar refractivity (Wildman–Crippen MR) is 69.5 cm³/mol. The number of aromatic nitrogens is 1. The highest BCUT2D eigenvalue weighted by Gasteiger charge is 2.20. The Hall–Kier alpha value is -1.13. The van der Waals surface area contributed by atoms with E-state index in [0.29, 0.717) is 23.3 Å². The molecule has 1 aromatic heterocycles. The molecule has 1 aliphatic carbocycles. The Kier molecular flexibility index (Phi) is 4.55. The first-order valence-corrected chi connectivity index (χ1v) is 6.62. The fraction of sp³-hybridized carbons (Fsp3) is 0.538. The van der Waals surface area contributed by atoms with Crippen LogP contribution in [0.2, 0.25) is 5.15 Å². The lowest BCUT2D eigenvalue weighted by Crippen LogP contribution is -2.33. The highest BCUT2D eigenvalue weighted by atomic mass is 35.5. The molecular formula is C13H17ClN2O2. The molecule has 98 valence electrons. The molecule has 1 heterocycles. The fourth-order valence-electron chi connectivity index (χ4n) is 2.31. The van der Waals surface area contributed by atoms with E-state index in [0.717, 1.165) is 25.7 Å². The van der Waals surface area contributed by atoms with Gasteiger partial charge in [-0.05, 0) is 37.3 Å². The number of hydrogen-bond acceptors (Lipinski definition) is 3. The molecule has 1 aliphatic rings. The Labute approximate surface area is 111 Å². The molecule has 2 atom stereocenters. The van der Waals surface area contributed by atoms with E-state index in [4.69, 9.17) is 11.6 Å². The number of amides is 1. The summed E-state index contributed by atoms with van der Waals surface area (Å²) < 4.78 is 0. The summed E-state index contributed by atoms with van der Waals surface area (Å²) in [4.78, 5) is 15.8. The van der Waals surface area contributed by atoms with Gasteiger partial charge in [-0.3, -0.25) is 4.79 Å². The molecule has 0 bridgehead atoms. The molecule has 1 fully saturated rings. The maximum Gasteiger partial charge on any atom is 0.269 e. The number of nitrogens with one attached hydrogen (secondary N) is 1. The predicted octanol–water partition coefficient (Wildman–Crippen LogP) is 2.02. The Bertz CT molecular complexity index is 425.